The Morgan fingerprint density at radius 2 is 1.96 bits per heavy atom. The second kappa shape index (κ2) is 8.61. The second-order valence-corrected chi connectivity index (χ2v) is 7.38. The largest absolute Gasteiger partial charge is 0.467 e. The molecule has 0 spiro atoms. The van der Waals surface area contributed by atoms with E-state index in [1.807, 2.05) is 6.07 Å². The summed E-state index contributed by atoms with van der Waals surface area (Å²) < 4.78 is 6.25. The molecule has 2 unspecified atom stereocenters. The molecular formula is C20H27NO2S. The van der Waals surface area contributed by atoms with Crippen molar-refractivity contribution < 1.29 is 9.53 Å². The molecule has 1 saturated heterocycles. The van der Waals surface area contributed by atoms with Gasteiger partial charge in [-0.25, -0.2) is 0 Å². The van der Waals surface area contributed by atoms with Crippen molar-refractivity contribution in [1.29, 1.82) is 0 Å². The van der Waals surface area contributed by atoms with Crippen molar-refractivity contribution in [2.24, 2.45) is 5.92 Å². The van der Waals surface area contributed by atoms with Gasteiger partial charge in [-0.1, -0.05) is 30.3 Å². The lowest BCUT2D eigenvalue weighted by Crippen LogP contribution is -2.37. The molecule has 2 atom stereocenters. The van der Waals surface area contributed by atoms with Crippen LogP contribution in [-0.4, -0.2) is 35.1 Å². The number of hydrogen-bond acceptors (Lipinski definition) is 3. The van der Waals surface area contributed by atoms with E-state index in [9.17, 15) is 4.79 Å². The van der Waals surface area contributed by atoms with Crippen molar-refractivity contribution in [3.8, 4) is 0 Å². The van der Waals surface area contributed by atoms with Crippen LogP contribution in [0.4, 0.5) is 0 Å². The second-order valence-electron chi connectivity index (χ2n) is 7.04. The van der Waals surface area contributed by atoms with Gasteiger partial charge >= 0.3 is 0 Å². The lowest BCUT2D eigenvalue weighted by atomic mass is 9.82. The van der Waals surface area contributed by atoms with Crippen LogP contribution < -0.4 is 0 Å². The number of carbonyl (C=O) groups is 1. The summed E-state index contributed by atoms with van der Waals surface area (Å²) in [6.07, 6.45) is 7.80. The molecule has 4 heteroatoms. The molecule has 1 saturated carbocycles. The molecule has 130 valence electrons. The number of likely N-dealkylation sites (tertiary alicyclic amines) is 1. The highest BCUT2D eigenvalue weighted by atomic mass is 32.1. The third-order valence-electron chi connectivity index (χ3n) is 5.22. The van der Waals surface area contributed by atoms with Crippen LogP contribution in [-0.2, 0) is 16.0 Å². The minimum Gasteiger partial charge on any atom is -0.467 e. The number of rotatable bonds is 5. The molecule has 1 heterocycles. The van der Waals surface area contributed by atoms with E-state index in [-0.39, 0.29) is 6.10 Å². The summed E-state index contributed by atoms with van der Waals surface area (Å²) in [4.78, 5) is 14.1. The Morgan fingerprint density at radius 1 is 1.21 bits per heavy atom. The number of carbonyl (C=O) groups excluding carboxylic acids is 1. The molecule has 0 amide bonds. The van der Waals surface area contributed by atoms with E-state index in [1.54, 1.807) is 0 Å². The number of aryl methyl sites for hydroxylation is 1. The lowest BCUT2D eigenvalue weighted by Gasteiger charge is -2.32. The van der Waals surface area contributed by atoms with Crippen molar-refractivity contribution in [2.45, 2.75) is 57.5 Å². The van der Waals surface area contributed by atoms with E-state index in [4.69, 9.17) is 17.0 Å². The maximum atomic E-state index is 11.9. The molecule has 3 nitrogen and oxygen atoms in total. The summed E-state index contributed by atoms with van der Waals surface area (Å²) in [6, 6.07) is 10.5. The van der Waals surface area contributed by atoms with E-state index in [1.165, 1.54) is 18.4 Å². The molecule has 0 N–H and O–H groups in total. The monoisotopic (exact) mass is 345 g/mol. The molecule has 3 rings (SSSR count). The Bertz CT molecular complexity index is 554. The zero-order valence-electron chi connectivity index (χ0n) is 14.3. The first kappa shape index (κ1) is 17.4. The first-order valence-electron chi connectivity index (χ1n) is 9.23. The molecule has 0 aromatic heterocycles. The minimum atomic E-state index is 0.0579. The third-order valence-corrected chi connectivity index (χ3v) is 5.58. The van der Waals surface area contributed by atoms with E-state index in [2.05, 4.69) is 29.2 Å². The van der Waals surface area contributed by atoms with Gasteiger partial charge in [-0.3, -0.25) is 4.79 Å². The van der Waals surface area contributed by atoms with Gasteiger partial charge in [0.2, 0.25) is 0 Å². The van der Waals surface area contributed by atoms with Crippen LogP contribution in [0.15, 0.2) is 30.3 Å². The number of ketones is 1. The fourth-order valence-electron chi connectivity index (χ4n) is 3.82. The summed E-state index contributed by atoms with van der Waals surface area (Å²) in [5.41, 5.74) is 1.32. The number of thiocarbonyl (C=S) groups is 1. The molecular weight excluding hydrogens is 318 g/mol. The van der Waals surface area contributed by atoms with E-state index in [0.717, 1.165) is 45.2 Å². The fourth-order valence-corrected chi connectivity index (χ4v) is 4.13. The van der Waals surface area contributed by atoms with Gasteiger partial charge < -0.3 is 9.64 Å². The maximum Gasteiger partial charge on any atom is 0.259 e. The Kier molecular flexibility index (Phi) is 6.24. The van der Waals surface area contributed by atoms with Gasteiger partial charge in [0.25, 0.3) is 5.17 Å². The average molecular weight is 346 g/mol. The van der Waals surface area contributed by atoms with E-state index in [0.29, 0.717) is 23.3 Å². The van der Waals surface area contributed by atoms with Crippen molar-refractivity contribution in [2.75, 3.05) is 13.1 Å². The molecule has 1 aromatic rings. The van der Waals surface area contributed by atoms with Gasteiger partial charge in [0, 0.05) is 31.8 Å². The van der Waals surface area contributed by atoms with E-state index < -0.39 is 0 Å². The highest BCUT2D eigenvalue weighted by Crippen LogP contribution is 2.29. The smallest absolute Gasteiger partial charge is 0.259 e. The summed E-state index contributed by atoms with van der Waals surface area (Å²) >= 11 is 5.54. The number of hydrogen-bond donors (Lipinski definition) is 0. The highest BCUT2D eigenvalue weighted by molar-refractivity contribution is 7.80. The SMILES string of the molecule is O=C1CCCC(C(CCc2ccccc2)OC(=S)N2CCCC2)C1. The molecule has 0 bridgehead atoms. The molecule has 24 heavy (non-hydrogen) atoms. The lowest BCUT2D eigenvalue weighted by molar-refractivity contribution is -0.122. The summed E-state index contributed by atoms with van der Waals surface area (Å²) in [7, 11) is 0. The van der Waals surface area contributed by atoms with Crippen LogP contribution in [0.1, 0.15) is 50.5 Å². The van der Waals surface area contributed by atoms with Gasteiger partial charge in [0.1, 0.15) is 11.9 Å². The van der Waals surface area contributed by atoms with Crippen molar-refractivity contribution in [1.82, 2.24) is 4.90 Å². The first-order valence-corrected chi connectivity index (χ1v) is 9.64. The van der Waals surface area contributed by atoms with Crippen LogP contribution in [0, 0.1) is 5.92 Å². The molecule has 0 radical (unpaired) electrons. The number of nitrogens with zero attached hydrogens (tertiary/aromatic N) is 1. The zero-order chi connectivity index (χ0) is 16.8. The van der Waals surface area contributed by atoms with Gasteiger partial charge in [-0.15, -0.1) is 0 Å². The Balaban J connectivity index is 1.63. The minimum absolute atomic E-state index is 0.0579. The molecule has 1 aliphatic carbocycles. The van der Waals surface area contributed by atoms with Gasteiger partial charge in [-0.2, -0.15) is 0 Å². The number of Topliss-reactive ketones (excluding diaryl/α,β-unsaturated/α-hetero) is 1. The molecule has 2 aliphatic rings. The fraction of sp³-hybridized carbons (Fsp3) is 0.600. The summed E-state index contributed by atoms with van der Waals surface area (Å²) in [5.74, 6) is 0.696. The predicted molar refractivity (Wildman–Crippen MR) is 100 cm³/mol. The Morgan fingerprint density at radius 3 is 2.67 bits per heavy atom. The van der Waals surface area contributed by atoms with Crippen LogP contribution in [0.25, 0.3) is 0 Å². The highest BCUT2D eigenvalue weighted by Gasteiger charge is 2.30. The van der Waals surface area contributed by atoms with Crippen LogP contribution in [0.5, 0.6) is 0 Å². The number of benzene rings is 1. The van der Waals surface area contributed by atoms with Gasteiger partial charge in [-0.05, 0) is 56.3 Å². The van der Waals surface area contributed by atoms with E-state index >= 15 is 0 Å². The predicted octanol–water partition coefficient (Wildman–Crippen LogP) is 4.14. The molecule has 1 aromatic carbocycles. The maximum absolute atomic E-state index is 11.9. The Hall–Kier alpha value is -1.42. The van der Waals surface area contributed by atoms with Crippen LogP contribution in [0.3, 0.4) is 0 Å². The normalized spacial score (nSPS) is 22.4. The zero-order valence-corrected chi connectivity index (χ0v) is 15.1. The third kappa shape index (κ3) is 4.79. The molecule has 1 aliphatic heterocycles. The quantitative estimate of drug-likeness (QED) is 0.750. The van der Waals surface area contributed by atoms with Crippen molar-refractivity contribution in [3.05, 3.63) is 35.9 Å². The van der Waals surface area contributed by atoms with Crippen molar-refractivity contribution >= 4 is 23.2 Å². The van der Waals surface area contributed by atoms with Crippen LogP contribution >= 0.6 is 12.2 Å². The van der Waals surface area contributed by atoms with Crippen molar-refractivity contribution in [3.63, 3.8) is 0 Å². The first-order chi connectivity index (χ1) is 11.7. The Labute approximate surface area is 150 Å². The van der Waals surface area contributed by atoms with Gasteiger partial charge in [0.15, 0.2) is 0 Å². The topological polar surface area (TPSA) is 29.5 Å². The van der Waals surface area contributed by atoms with Crippen LogP contribution in [0.2, 0.25) is 0 Å². The number of ether oxygens (including phenoxy) is 1. The van der Waals surface area contributed by atoms with Gasteiger partial charge in [0.05, 0.1) is 0 Å². The molecule has 2 fully saturated rings. The average Bonchev–Trinajstić information content (AvgIpc) is 3.14. The summed E-state index contributed by atoms with van der Waals surface area (Å²) in [5, 5.41) is 0.642. The summed E-state index contributed by atoms with van der Waals surface area (Å²) in [6.45, 7) is 2.02. The standard InChI is InChI=1S/C20H27NO2S/c22-18-10-6-9-17(15-18)19(12-11-16-7-2-1-3-8-16)23-20(24)21-13-4-5-14-21/h1-3,7-8,17,19H,4-6,9-15H2.